The summed E-state index contributed by atoms with van der Waals surface area (Å²) in [7, 11) is 0. The Hall–Kier alpha value is -2.99. The number of hydrogen-bond acceptors (Lipinski definition) is 4. The van der Waals surface area contributed by atoms with Crippen LogP contribution in [-0.4, -0.2) is 52.4 Å². The van der Waals surface area contributed by atoms with Gasteiger partial charge in [0.15, 0.2) is 0 Å². The monoisotopic (exact) mass is 612 g/mol. The fourth-order valence-electron chi connectivity index (χ4n) is 7.17. The van der Waals surface area contributed by atoms with Crippen LogP contribution in [0.5, 0.6) is 0 Å². The average Bonchev–Trinajstić information content (AvgIpc) is 3.78. The molecule has 4 atom stereocenters. The zero-order valence-electron chi connectivity index (χ0n) is 27.5. The SMILES string of the molecule is CCCCCCCCC1C(CCCCCCCC(=O)NC[C@H](O)CO)N1C(c1ccccc1)(c1ccccc1)c1ccccc1. The Bertz CT molecular complexity index is 1120. The van der Waals surface area contributed by atoms with Gasteiger partial charge in [-0.1, -0.05) is 162 Å². The Morgan fingerprint density at radius 2 is 1.11 bits per heavy atom. The molecule has 0 bridgehead atoms. The highest BCUT2D eigenvalue weighted by atomic mass is 16.3. The fraction of sp³-hybridized carbons (Fsp3) is 0.525. The van der Waals surface area contributed by atoms with Gasteiger partial charge in [-0.3, -0.25) is 9.69 Å². The number of aliphatic hydroxyl groups is 2. The highest BCUT2D eigenvalue weighted by molar-refractivity contribution is 5.75. The molecule has 0 spiro atoms. The fourth-order valence-corrected chi connectivity index (χ4v) is 7.17. The summed E-state index contributed by atoms with van der Waals surface area (Å²) in [6.07, 6.45) is 15.3. The molecule has 1 aliphatic rings. The minimum absolute atomic E-state index is 0.0484. The first-order valence-corrected chi connectivity index (χ1v) is 17.6. The van der Waals surface area contributed by atoms with Crippen LogP contribution in [0.2, 0.25) is 0 Å². The van der Waals surface area contributed by atoms with Gasteiger partial charge in [-0.25, -0.2) is 0 Å². The maximum Gasteiger partial charge on any atom is 0.220 e. The molecule has 3 N–H and O–H groups in total. The van der Waals surface area contributed by atoms with Crippen molar-refractivity contribution in [3.05, 3.63) is 108 Å². The number of carbonyl (C=O) groups is 1. The van der Waals surface area contributed by atoms with Crippen molar-refractivity contribution in [1.29, 1.82) is 0 Å². The van der Waals surface area contributed by atoms with Crippen LogP contribution in [0.3, 0.4) is 0 Å². The van der Waals surface area contributed by atoms with Crippen molar-refractivity contribution in [1.82, 2.24) is 10.2 Å². The summed E-state index contributed by atoms with van der Waals surface area (Å²) in [5, 5.41) is 21.0. The van der Waals surface area contributed by atoms with Crippen LogP contribution in [0.25, 0.3) is 0 Å². The molecule has 0 saturated carbocycles. The predicted octanol–water partition coefficient (Wildman–Crippen LogP) is 7.98. The summed E-state index contributed by atoms with van der Waals surface area (Å²) < 4.78 is 0. The Labute approximate surface area is 272 Å². The van der Waals surface area contributed by atoms with Crippen molar-refractivity contribution >= 4 is 5.91 Å². The van der Waals surface area contributed by atoms with Crippen LogP contribution in [-0.2, 0) is 10.3 Å². The van der Waals surface area contributed by atoms with E-state index in [-0.39, 0.29) is 24.6 Å². The maximum absolute atomic E-state index is 12.0. The van der Waals surface area contributed by atoms with Gasteiger partial charge in [0.05, 0.1) is 18.2 Å². The first-order chi connectivity index (χ1) is 22.1. The molecule has 0 aromatic heterocycles. The molecule has 0 aliphatic carbocycles. The summed E-state index contributed by atoms with van der Waals surface area (Å²) in [5.41, 5.74) is 3.67. The molecular weight excluding hydrogens is 556 g/mol. The second kappa shape index (κ2) is 18.9. The Morgan fingerprint density at radius 1 is 0.689 bits per heavy atom. The molecule has 244 valence electrons. The molecule has 0 radical (unpaired) electrons. The van der Waals surface area contributed by atoms with E-state index in [1.165, 1.54) is 80.9 Å². The van der Waals surface area contributed by atoms with E-state index in [1.807, 2.05) is 0 Å². The Morgan fingerprint density at radius 3 is 1.56 bits per heavy atom. The van der Waals surface area contributed by atoms with Gasteiger partial charge in [0, 0.05) is 25.0 Å². The molecule has 1 fully saturated rings. The van der Waals surface area contributed by atoms with E-state index < -0.39 is 6.10 Å². The van der Waals surface area contributed by atoms with E-state index in [2.05, 4.69) is 108 Å². The summed E-state index contributed by atoms with van der Waals surface area (Å²) >= 11 is 0. The number of nitrogens with zero attached hydrogens (tertiary/aromatic N) is 1. The molecule has 1 saturated heterocycles. The number of hydrogen-bond donors (Lipinski definition) is 3. The molecule has 4 rings (SSSR count). The van der Waals surface area contributed by atoms with Crippen LogP contribution in [0, 0.1) is 0 Å². The van der Waals surface area contributed by atoms with E-state index in [9.17, 15) is 9.90 Å². The molecule has 3 unspecified atom stereocenters. The Kier molecular flexibility index (Phi) is 14.6. The van der Waals surface area contributed by atoms with Crippen LogP contribution < -0.4 is 5.32 Å². The number of aliphatic hydroxyl groups excluding tert-OH is 2. The maximum atomic E-state index is 12.0. The molecule has 45 heavy (non-hydrogen) atoms. The van der Waals surface area contributed by atoms with E-state index >= 15 is 0 Å². The normalized spacial score (nSPS) is 18.4. The minimum Gasteiger partial charge on any atom is -0.394 e. The van der Waals surface area contributed by atoms with Crippen molar-refractivity contribution in [3.8, 4) is 0 Å². The predicted molar refractivity (Wildman–Crippen MR) is 185 cm³/mol. The smallest absolute Gasteiger partial charge is 0.220 e. The third kappa shape index (κ3) is 9.75. The van der Waals surface area contributed by atoms with Gasteiger partial charge >= 0.3 is 0 Å². The molecule has 1 amide bonds. The lowest BCUT2D eigenvalue weighted by Crippen LogP contribution is -2.39. The van der Waals surface area contributed by atoms with Crippen LogP contribution >= 0.6 is 0 Å². The van der Waals surface area contributed by atoms with Crippen LogP contribution in [0.1, 0.15) is 114 Å². The minimum atomic E-state index is -0.884. The molecular formula is C40H56N2O3. The molecule has 5 nitrogen and oxygen atoms in total. The second-order valence-corrected chi connectivity index (χ2v) is 12.9. The average molecular weight is 613 g/mol. The van der Waals surface area contributed by atoms with Crippen LogP contribution in [0.4, 0.5) is 0 Å². The lowest BCUT2D eigenvalue weighted by Gasteiger charge is -2.39. The van der Waals surface area contributed by atoms with E-state index in [0.717, 1.165) is 19.3 Å². The summed E-state index contributed by atoms with van der Waals surface area (Å²) in [6.45, 7) is 2.07. The van der Waals surface area contributed by atoms with Gasteiger partial charge in [-0.05, 0) is 36.0 Å². The van der Waals surface area contributed by atoms with Crippen LogP contribution in [0.15, 0.2) is 91.0 Å². The first-order valence-electron chi connectivity index (χ1n) is 17.6. The number of amides is 1. The van der Waals surface area contributed by atoms with Gasteiger partial charge < -0.3 is 15.5 Å². The topological polar surface area (TPSA) is 72.6 Å². The van der Waals surface area contributed by atoms with Crippen molar-refractivity contribution in [3.63, 3.8) is 0 Å². The van der Waals surface area contributed by atoms with Gasteiger partial charge in [0.1, 0.15) is 0 Å². The molecule has 1 heterocycles. The van der Waals surface area contributed by atoms with E-state index in [0.29, 0.717) is 18.5 Å². The van der Waals surface area contributed by atoms with Gasteiger partial charge in [0.2, 0.25) is 5.91 Å². The van der Waals surface area contributed by atoms with E-state index in [1.54, 1.807) is 0 Å². The first kappa shape index (κ1) is 34.9. The molecule has 1 aliphatic heterocycles. The summed E-state index contributed by atoms with van der Waals surface area (Å²) in [4.78, 5) is 14.9. The third-order valence-electron chi connectivity index (χ3n) is 9.53. The van der Waals surface area contributed by atoms with Crippen molar-refractivity contribution < 1.29 is 15.0 Å². The standard InChI is InChI=1S/C40H56N2O3/c1-2-3-4-5-7-19-28-37-38(29-20-8-6-9-21-30-39(45)41-31-36(44)32-43)42(37)40(33-22-13-10-14-23-33,34-24-15-11-16-25-34)35-26-17-12-18-27-35/h10-18,22-27,36-38,43-44H,2-9,19-21,28-32H2,1H3,(H,41,45)/t36-,37?,38?,42?/m0/s1. The number of rotatable bonds is 22. The summed E-state index contributed by atoms with van der Waals surface area (Å²) in [5.74, 6) is -0.0484. The van der Waals surface area contributed by atoms with Crippen molar-refractivity contribution in [2.75, 3.05) is 13.2 Å². The molecule has 3 aromatic rings. The van der Waals surface area contributed by atoms with Gasteiger partial charge in [-0.15, -0.1) is 0 Å². The highest BCUT2D eigenvalue weighted by Gasteiger charge is 2.59. The zero-order valence-corrected chi connectivity index (χ0v) is 27.5. The highest BCUT2D eigenvalue weighted by Crippen LogP contribution is 2.54. The number of nitrogens with one attached hydrogen (secondary N) is 1. The molecule has 5 heteroatoms. The van der Waals surface area contributed by atoms with E-state index in [4.69, 9.17) is 5.11 Å². The van der Waals surface area contributed by atoms with Crippen molar-refractivity contribution in [2.24, 2.45) is 0 Å². The number of unbranched alkanes of at least 4 members (excludes halogenated alkanes) is 9. The number of benzene rings is 3. The number of carbonyl (C=O) groups excluding carboxylic acids is 1. The lowest BCUT2D eigenvalue weighted by atomic mass is 9.76. The Balaban J connectivity index is 1.46. The van der Waals surface area contributed by atoms with Crippen molar-refractivity contribution in [2.45, 2.75) is 121 Å². The zero-order chi connectivity index (χ0) is 31.7. The summed E-state index contributed by atoms with van der Waals surface area (Å²) in [6, 6.07) is 34.5. The largest absolute Gasteiger partial charge is 0.394 e. The lowest BCUT2D eigenvalue weighted by molar-refractivity contribution is -0.121. The quantitative estimate of drug-likeness (QED) is 0.0611. The van der Waals surface area contributed by atoms with Gasteiger partial charge in [-0.2, -0.15) is 0 Å². The third-order valence-corrected chi connectivity index (χ3v) is 9.53. The molecule has 3 aromatic carbocycles. The van der Waals surface area contributed by atoms with Gasteiger partial charge in [0.25, 0.3) is 0 Å². The second-order valence-electron chi connectivity index (χ2n) is 12.9.